The van der Waals surface area contributed by atoms with Crippen molar-refractivity contribution >= 4 is 37.5 Å². The third-order valence-corrected chi connectivity index (χ3v) is 7.06. The summed E-state index contributed by atoms with van der Waals surface area (Å²) in [5, 5.41) is 22.4. The fourth-order valence-electron chi connectivity index (χ4n) is 3.32. The van der Waals surface area contributed by atoms with E-state index in [0.29, 0.717) is 6.04 Å². The molecule has 3 N–H and O–H groups in total. The first kappa shape index (κ1) is 16.7. The number of rotatable bonds is 4. The normalized spacial score (nSPS) is 17.0. The molecular formula is C18H18N6OS2. The molecular weight excluding hydrogens is 380 g/mol. The number of phenolic OH excluding ortho intramolecular Hbond substituents is 1. The number of benzene rings is 1. The Morgan fingerprint density at radius 2 is 2.07 bits per heavy atom. The minimum absolute atomic E-state index is 0.212. The van der Waals surface area contributed by atoms with Crippen molar-refractivity contribution in [1.82, 2.24) is 25.5 Å². The molecule has 0 radical (unpaired) electrons. The Bertz CT molecular complexity index is 1050. The van der Waals surface area contributed by atoms with Crippen molar-refractivity contribution < 1.29 is 5.11 Å². The highest BCUT2D eigenvalue weighted by Gasteiger charge is 2.23. The van der Waals surface area contributed by atoms with Gasteiger partial charge >= 0.3 is 0 Å². The highest BCUT2D eigenvalue weighted by molar-refractivity contribution is 7.29. The molecule has 0 bridgehead atoms. The van der Waals surface area contributed by atoms with Crippen LogP contribution < -0.4 is 10.2 Å². The first-order valence-corrected chi connectivity index (χ1v) is 10.4. The molecule has 1 aliphatic heterocycles. The van der Waals surface area contributed by atoms with Crippen LogP contribution in [0.5, 0.6) is 5.75 Å². The van der Waals surface area contributed by atoms with Gasteiger partial charge in [-0.2, -0.15) is 5.10 Å². The van der Waals surface area contributed by atoms with Crippen LogP contribution >= 0.6 is 22.7 Å². The molecule has 1 fully saturated rings. The second kappa shape index (κ2) is 6.59. The molecule has 0 aliphatic carbocycles. The van der Waals surface area contributed by atoms with Gasteiger partial charge in [0.2, 0.25) is 0 Å². The molecule has 1 unspecified atom stereocenters. The van der Waals surface area contributed by atoms with Crippen LogP contribution in [0, 0.1) is 0 Å². The Labute approximate surface area is 163 Å². The summed E-state index contributed by atoms with van der Waals surface area (Å²) < 4.78 is 0. The Hall–Kier alpha value is -2.49. The maximum Gasteiger partial charge on any atom is 0.188 e. The standard InChI is InChI=1S/C18H18N6OS2/c1-24(12-4-5-19-9-12)18-23-17-16(27-18)22-15(26-17)13-3-2-10(6-14(13)25)11-7-20-21-8-11/h2-3,6-8,12,19,25H,4-5,9H2,1H3,(H,20,21). The number of hydrogen-bond donors (Lipinski definition) is 3. The van der Waals surface area contributed by atoms with Crippen LogP contribution in [-0.4, -0.2) is 51.5 Å². The summed E-state index contributed by atoms with van der Waals surface area (Å²) in [5.74, 6) is 0.212. The van der Waals surface area contributed by atoms with Crippen molar-refractivity contribution in [3.05, 3.63) is 30.6 Å². The number of thiazole rings is 2. The molecule has 1 aromatic carbocycles. The molecule has 4 heterocycles. The van der Waals surface area contributed by atoms with Crippen LogP contribution in [0.3, 0.4) is 0 Å². The van der Waals surface area contributed by atoms with E-state index in [1.165, 1.54) is 11.3 Å². The molecule has 138 valence electrons. The maximum atomic E-state index is 10.5. The van der Waals surface area contributed by atoms with Crippen molar-refractivity contribution in [2.24, 2.45) is 0 Å². The predicted molar refractivity (Wildman–Crippen MR) is 110 cm³/mol. The maximum absolute atomic E-state index is 10.5. The number of fused-ring (bicyclic) bond motifs is 1. The van der Waals surface area contributed by atoms with Crippen molar-refractivity contribution in [3.8, 4) is 27.4 Å². The summed E-state index contributed by atoms with van der Waals surface area (Å²) in [6.07, 6.45) is 4.67. The monoisotopic (exact) mass is 398 g/mol. The number of phenols is 1. The number of H-pyrrole nitrogens is 1. The fourth-order valence-corrected chi connectivity index (χ4v) is 5.43. The van der Waals surface area contributed by atoms with Crippen LogP contribution in [-0.2, 0) is 0 Å². The van der Waals surface area contributed by atoms with Crippen LogP contribution in [0.2, 0.25) is 0 Å². The van der Waals surface area contributed by atoms with Gasteiger partial charge in [0.15, 0.2) is 14.8 Å². The number of likely N-dealkylation sites (N-methyl/N-ethyl adjacent to an activating group) is 1. The number of aromatic nitrogens is 4. The first-order valence-electron chi connectivity index (χ1n) is 8.72. The number of hydrogen-bond acceptors (Lipinski definition) is 8. The van der Waals surface area contributed by atoms with Gasteiger partial charge in [-0.15, -0.1) is 0 Å². The number of aromatic hydroxyl groups is 1. The smallest absolute Gasteiger partial charge is 0.188 e. The Balaban J connectivity index is 1.44. The third-order valence-electron chi connectivity index (χ3n) is 4.91. The molecule has 1 aliphatic rings. The van der Waals surface area contributed by atoms with Crippen molar-refractivity contribution in [2.45, 2.75) is 12.5 Å². The van der Waals surface area contributed by atoms with Gasteiger partial charge in [-0.1, -0.05) is 28.7 Å². The molecule has 1 saturated heterocycles. The van der Waals surface area contributed by atoms with Crippen LogP contribution in [0.4, 0.5) is 5.13 Å². The van der Waals surface area contributed by atoms with Gasteiger partial charge in [-0.3, -0.25) is 5.10 Å². The Morgan fingerprint density at radius 1 is 1.19 bits per heavy atom. The zero-order valence-corrected chi connectivity index (χ0v) is 16.3. The van der Waals surface area contributed by atoms with E-state index in [0.717, 1.165) is 56.0 Å². The molecule has 9 heteroatoms. The zero-order valence-electron chi connectivity index (χ0n) is 14.6. The van der Waals surface area contributed by atoms with E-state index in [-0.39, 0.29) is 5.75 Å². The van der Waals surface area contributed by atoms with Gasteiger partial charge in [0, 0.05) is 31.4 Å². The lowest BCUT2D eigenvalue weighted by Gasteiger charge is -2.22. The minimum atomic E-state index is 0.212. The Morgan fingerprint density at radius 3 is 2.78 bits per heavy atom. The number of nitrogens with one attached hydrogen (secondary N) is 2. The molecule has 7 nitrogen and oxygen atoms in total. The van der Waals surface area contributed by atoms with E-state index in [1.54, 1.807) is 29.8 Å². The third kappa shape index (κ3) is 2.97. The molecule has 0 amide bonds. The molecule has 3 aromatic heterocycles. The van der Waals surface area contributed by atoms with Crippen molar-refractivity contribution in [3.63, 3.8) is 0 Å². The number of nitrogens with zero attached hydrogens (tertiary/aromatic N) is 4. The second-order valence-corrected chi connectivity index (χ2v) is 8.54. The molecule has 27 heavy (non-hydrogen) atoms. The lowest BCUT2D eigenvalue weighted by molar-refractivity contribution is 0.477. The van der Waals surface area contributed by atoms with Gasteiger partial charge in [0.1, 0.15) is 10.8 Å². The van der Waals surface area contributed by atoms with E-state index in [1.807, 2.05) is 12.1 Å². The van der Waals surface area contributed by atoms with Gasteiger partial charge in [-0.05, 0) is 30.7 Å². The van der Waals surface area contributed by atoms with Crippen LogP contribution in [0.1, 0.15) is 6.42 Å². The van der Waals surface area contributed by atoms with Gasteiger partial charge in [0.25, 0.3) is 0 Å². The van der Waals surface area contributed by atoms with E-state index >= 15 is 0 Å². The second-order valence-electron chi connectivity index (χ2n) is 6.60. The fraction of sp³-hybridized carbons (Fsp3) is 0.278. The van der Waals surface area contributed by atoms with Crippen LogP contribution in [0.25, 0.3) is 31.4 Å². The predicted octanol–water partition coefficient (Wildman–Crippen LogP) is 3.31. The molecule has 5 rings (SSSR count). The van der Waals surface area contributed by atoms with Gasteiger partial charge < -0.3 is 15.3 Å². The summed E-state index contributed by atoms with van der Waals surface area (Å²) in [5.41, 5.74) is 2.58. The molecule has 0 spiro atoms. The highest BCUT2D eigenvalue weighted by Crippen LogP contribution is 2.40. The lowest BCUT2D eigenvalue weighted by Crippen LogP contribution is -2.33. The quantitative estimate of drug-likeness (QED) is 0.489. The van der Waals surface area contributed by atoms with E-state index < -0.39 is 0 Å². The molecule has 1 atom stereocenters. The SMILES string of the molecule is CN(c1nc2sc(-c3ccc(-c4cn[nH]c4)cc3O)nc2s1)C1CCNC1. The van der Waals surface area contributed by atoms with Gasteiger partial charge in [0.05, 0.1) is 11.8 Å². The topological polar surface area (TPSA) is 90.0 Å². The zero-order chi connectivity index (χ0) is 18.4. The summed E-state index contributed by atoms with van der Waals surface area (Å²) >= 11 is 3.12. The summed E-state index contributed by atoms with van der Waals surface area (Å²) in [7, 11) is 2.10. The van der Waals surface area contributed by atoms with E-state index in [9.17, 15) is 5.11 Å². The summed E-state index contributed by atoms with van der Waals surface area (Å²) in [4.78, 5) is 13.6. The Kier molecular flexibility index (Phi) is 4.07. The number of aromatic amines is 1. The van der Waals surface area contributed by atoms with Crippen LogP contribution in [0.15, 0.2) is 30.6 Å². The average Bonchev–Trinajstić information content (AvgIpc) is 3.45. The number of anilines is 1. The highest BCUT2D eigenvalue weighted by atomic mass is 32.1. The van der Waals surface area contributed by atoms with Crippen molar-refractivity contribution in [1.29, 1.82) is 0 Å². The van der Waals surface area contributed by atoms with Gasteiger partial charge in [-0.25, -0.2) is 9.97 Å². The lowest BCUT2D eigenvalue weighted by atomic mass is 10.1. The first-order chi connectivity index (χ1) is 13.2. The largest absolute Gasteiger partial charge is 0.507 e. The van der Waals surface area contributed by atoms with Crippen molar-refractivity contribution in [2.75, 3.05) is 25.0 Å². The average molecular weight is 399 g/mol. The van der Waals surface area contributed by atoms with E-state index in [2.05, 4.69) is 27.5 Å². The summed E-state index contributed by atoms with van der Waals surface area (Å²) in [6, 6.07) is 6.10. The van der Waals surface area contributed by atoms with E-state index in [4.69, 9.17) is 9.97 Å². The molecule has 4 aromatic rings. The minimum Gasteiger partial charge on any atom is -0.507 e. The molecule has 0 saturated carbocycles. The summed E-state index contributed by atoms with van der Waals surface area (Å²) in [6.45, 7) is 2.06.